The average molecular weight is 397 g/mol. The van der Waals surface area contributed by atoms with Crippen LogP contribution in [-0.4, -0.2) is 67.6 Å². The van der Waals surface area contributed by atoms with Gasteiger partial charge in [0.15, 0.2) is 0 Å². The first-order valence-electron chi connectivity index (χ1n) is 9.78. The van der Waals surface area contributed by atoms with Gasteiger partial charge in [-0.05, 0) is 36.4 Å². The van der Waals surface area contributed by atoms with Gasteiger partial charge in [-0.25, -0.2) is 0 Å². The number of amides is 2. The third-order valence-electron chi connectivity index (χ3n) is 4.69. The van der Waals surface area contributed by atoms with Crippen LogP contribution in [0.25, 0.3) is 0 Å². The second kappa shape index (κ2) is 10.6. The fourth-order valence-electron chi connectivity index (χ4n) is 3.04. The first kappa shape index (κ1) is 20.8. The zero-order valence-corrected chi connectivity index (χ0v) is 16.7. The monoisotopic (exact) mass is 397 g/mol. The van der Waals surface area contributed by atoms with Crippen LogP contribution in [0.2, 0.25) is 0 Å². The minimum atomic E-state index is -0.223. The maximum absolute atomic E-state index is 12.4. The zero-order valence-electron chi connectivity index (χ0n) is 16.7. The molecule has 0 unspecified atom stereocenters. The summed E-state index contributed by atoms with van der Waals surface area (Å²) in [7, 11) is 0. The number of anilines is 1. The van der Waals surface area contributed by atoms with E-state index in [0.29, 0.717) is 31.2 Å². The Bertz CT molecular complexity index is 789. The number of morpholine rings is 1. The predicted octanol–water partition coefficient (Wildman–Crippen LogP) is 2.60. The molecule has 0 aliphatic carbocycles. The normalized spacial score (nSPS) is 14.2. The van der Waals surface area contributed by atoms with Crippen LogP contribution in [0, 0.1) is 0 Å². The smallest absolute Gasteiger partial charge is 0.243 e. The number of hydrogen-bond donors (Lipinski definition) is 1. The molecule has 1 aliphatic rings. The summed E-state index contributed by atoms with van der Waals surface area (Å²) in [4.78, 5) is 28.1. The lowest BCUT2D eigenvalue weighted by molar-refractivity contribution is -0.133. The maximum Gasteiger partial charge on any atom is 0.243 e. The topological polar surface area (TPSA) is 71.1 Å². The lowest BCUT2D eigenvalue weighted by Gasteiger charge is -2.29. The highest BCUT2D eigenvalue weighted by atomic mass is 16.5. The largest absolute Gasteiger partial charge is 0.457 e. The van der Waals surface area contributed by atoms with Crippen molar-refractivity contribution in [1.82, 2.24) is 9.80 Å². The molecule has 1 N–H and O–H groups in total. The van der Waals surface area contributed by atoms with Crippen LogP contribution in [0.1, 0.15) is 6.92 Å². The number of carbonyl (C=O) groups excluding carboxylic acids is 2. The Labute approximate surface area is 171 Å². The van der Waals surface area contributed by atoms with Gasteiger partial charge in [0, 0.05) is 38.8 Å². The summed E-state index contributed by atoms with van der Waals surface area (Å²) < 4.78 is 11.1. The van der Waals surface area contributed by atoms with Crippen molar-refractivity contribution >= 4 is 17.5 Å². The van der Waals surface area contributed by atoms with E-state index >= 15 is 0 Å². The molecular weight excluding hydrogens is 370 g/mol. The quantitative estimate of drug-likeness (QED) is 0.741. The van der Waals surface area contributed by atoms with E-state index in [-0.39, 0.29) is 18.4 Å². The number of ether oxygens (including phenoxy) is 2. The van der Waals surface area contributed by atoms with E-state index in [1.54, 1.807) is 29.2 Å². The van der Waals surface area contributed by atoms with Crippen LogP contribution >= 0.6 is 0 Å². The van der Waals surface area contributed by atoms with Gasteiger partial charge in [0.25, 0.3) is 0 Å². The number of nitrogens with zero attached hydrogens (tertiary/aromatic N) is 2. The van der Waals surface area contributed by atoms with E-state index in [1.807, 2.05) is 30.3 Å². The second-order valence-electron chi connectivity index (χ2n) is 6.88. The zero-order chi connectivity index (χ0) is 20.5. The number of rotatable bonds is 8. The third kappa shape index (κ3) is 6.89. The number of benzene rings is 2. The summed E-state index contributed by atoms with van der Waals surface area (Å²) in [6.45, 7) is 5.92. The van der Waals surface area contributed by atoms with Crippen molar-refractivity contribution in [3.63, 3.8) is 0 Å². The summed E-state index contributed by atoms with van der Waals surface area (Å²) in [5.74, 6) is 1.10. The molecule has 0 saturated carbocycles. The Morgan fingerprint density at radius 2 is 1.69 bits per heavy atom. The molecule has 2 aromatic rings. The maximum atomic E-state index is 12.4. The highest BCUT2D eigenvalue weighted by molar-refractivity contribution is 5.94. The molecule has 1 aliphatic heterocycles. The summed E-state index contributed by atoms with van der Waals surface area (Å²) in [6.07, 6.45) is 0. The van der Waals surface area contributed by atoms with Gasteiger partial charge in [-0.15, -0.1) is 0 Å². The fourth-order valence-corrected chi connectivity index (χ4v) is 3.04. The molecular formula is C22H27N3O4. The van der Waals surface area contributed by atoms with Gasteiger partial charge in [0.05, 0.1) is 19.8 Å². The summed E-state index contributed by atoms with van der Waals surface area (Å²) in [5, 5.41) is 2.83. The molecule has 0 atom stereocenters. The van der Waals surface area contributed by atoms with Crippen LogP contribution in [-0.2, 0) is 14.3 Å². The molecule has 3 rings (SSSR count). The number of para-hydroxylation sites is 1. The van der Waals surface area contributed by atoms with Gasteiger partial charge in [-0.1, -0.05) is 18.2 Å². The fraction of sp³-hybridized carbons (Fsp3) is 0.364. The average Bonchev–Trinajstić information content (AvgIpc) is 2.74. The Morgan fingerprint density at radius 1 is 1.03 bits per heavy atom. The first-order valence-corrected chi connectivity index (χ1v) is 9.78. The van der Waals surface area contributed by atoms with Crippen molar-refractivity contribution in [2.45, 2.75) is 6.92 Å². The second-order valence-corrected chi connectivity index (χ2v) is 6.88. The first-order chi connectivity index (χ1) is 14.1. The van der Waals surface area contributed by atoms with E-state index in [9.17, 15) is 9.59 Å². The van der Waals surface area contributed by atoms with E-state index in [1.165, 1.54) is 6.92 Å². The van der Waals surface area contributed by atoms with Gasteiger partial charge in [0.2, 0.25) is 11.8 Å². The van der Waals surface area contributed by atoms with Crippen molar-refractivity contribution in [2.24, 2.45) is 0 Å². The van der Waals surface area contributed by atoms with Gasteiger partial charge < -0.3 is 19.7 Å². The predicted molar refractivity (Wildman–Crippen MR) is 111 cm³/mol. The highest BCUT2D eigenvalue weighted by Gasteiger charge is 2.17. The van der Waals surface area contributed by atoms with Gasteiger partial charge in [0.1, 0.15) is 11.5 Å². The molecule has 0 spiro atoms. The van der Waals surface area contributed by atoms with Crippen LogP contribution in [0.15, 0.2) is 54.6 Å². The Hall–Kier alpha value is -2.90. The van der Waals surface area contributed by atoms with Crippen LogP contribution in [0.3, 0.4) is 0 Å². The van der Waals surface area contributed by atoms with Crippen molar-refractivity contribution in [3.05, 3.63) is 54.6 Å². The van der Waals surface area contributed by atoms with Crippen LogP contribution in [0.5, 0.6) is 11.5 Å². The van der Waals surface area contributed by atoms with Gasteiger partial charge in [-0.2, -0.15) is 0 Å². The molecule has 0 aromatic heterocycles. The van der Waals surface area contributed by atoms with Crippen molar-refractivity contribution in [1.29, 1.82) is 0 Å². The minimum absolute atomic E-state index is 0.0297. The summed E-state index contributed by atoms with van der Waals surface area (Å²) >= 11 is 0. The van der Waals surface area contributed by atoms with Crippen molar-refractivity contribution < 1.29 is 19.1 Å². The van der Waals surface area contributed by atoms with E-state index in [0.717, 1.165) is 25.4 Å². The van der Waals surface area contributed by atoms with Crippen molar-refractivity contribution in [2.75, 3.05) is 51.3 Å². The molecule has 2 aromatic carbocycles. The number of hydrogen-bond acceptors (Lipinski definition) is 5. The Kier molecular flexibility index (Phi) is 7.61. The van der Waals surface area contributed by atoms with Crippen LogP contribution in [0.4, 0.5) is 5.69 Å². The van der Waals surface area contributed by atoms with Gasteiger partial charge in [-0.3, -0.25) is 14.5 Å². The molecule has 1 heterocycles. The standard InChI is InChI=1S/C22H27N3O4/c1-18(26)25(12-11-24-13-15-28-16-14-24)17-22(27)23-19-7-9-21(10-8-19)29-20-5-3-2-4-6-20/h2-10H,11-17H2,1H3,(H,23,27). The molecule has 1 saturated heterocycles. The molecule has 7 nitrogen and oxygen atoms in total. The molecule has 0 radical (unpaired) electrons. The third-order valence-corrected chi connectivity index (χ3v) is 4.69. The van der Waals surface area contributed by atoms with E-state index in [2.05, 4.69) is 10.2 Å². The highest BCUT2D eigenvalue weighted by Crippen LogP contribution is 2.22. The molecule has 1 fully saturated rings. The van der Waals surface area contributed by atoms with Crippen molar-refractivity contribution in [3.8, 4) is 11.5 Å². The minimum Gasteiger partial charge on any atom is -0.457 e. The summed E-state index contributed by atoms with van der Waals surface area (Å²) in [6, 6.07) is 16.6. The lowest BCUT2D eigenvalue weighted by Crippen LogP contribution is -2.44. The molecule has 0 bridgehead atoms. The Morgan fingerprint density at radius 3 is 2.34 bits per heavy atom. The van der Waals surface area contributed by atoms with Gasteiger partial charge >= 0.3 is 0 Å². The molecule has 154 valence electrons. The lowest BCUT2D eigenvalue weighted by atomic mass is 10.3. The number of carbonyl (C=O) groups is 2. The summed E-state index contributed by atoms with van der Waals surface area (Å²) in [5.41, 5.74) is 0.659. The van der Waals surface area contributed by atoms with E-state index in [4.69, 9.17) is 9.47 Å². The molecule has 2 amide bonds. The molecule has 7 heteroatoms. The van der Waals surface area contributed by atoms with E-state index < -0.39 is 0 Å². The molecule has 29 heavy (non-hydrogen) atoms. The number of nitrogens with one attached hydrogen (secondary N) is 1. The Balaban J connectivity index is 1.48. The SMILES string of the molecule is CC(=O)N(CCN1CCOCC1)CC(=O)Nc1ccc(Oc2ccccc2)cc1. The van der Waals surface area contributed by atoms with Crippen LogP contribution < -0.4 is 10.1 Å².